The average molecular weight is 413 g/mol. The molecule has 2 amide bonds. The summed E-state index contributed by atoms with van der Waals surface area (Å²) in [7, 11) is 0. The fraction of sp³-hybridized carbons (Fsp3) is 0.263. The summed E-state index contributed by atoms with van der Waals surface area (Å²) in [5.41, 5.74) is -0.0698. The van der Waals surface area contributed by atoms with Gasteiger partial charge in [0.05, 0.1) is 16.3 Å². The number of hydrogen-bond acceptors (Lipinski definition) is 2. The number of hydrogen-bond donors (Lipinski definition) is 1. The van der Waals surface area contributed by atoms with Crippen LogP contribution in [-0.4, -0.2) is 29.3 Å². The van der Waals surface area contributed by atoms with E-state index in [-0.39, 0.29) is 6.54 Å². The molecule has 1 aliphatic rings. The topological polar surface area (TPSA) is 49.4 Å². The van der Waals surface area contributed by atoms with Gasteiger partial charge in [-0.3, -0.25) is 9.59 Å². The Labute approximate surface area is 165 Å². The van der Waals surface area contributed by atoms with Gasteiger partial charge in [-0.05, 0) is 55.7 Å². The molecule has 8 heteroatoms. The molecule has 2 aromatic rings. The zero-order chi connectivity index (χ0) is 19.6. The van der Waals surface area contributed by atoms with Crippen LogP contribution in [0.15, 0.2) is 36.4 Å². The summed E-state index contributed by atoms with van der Waals surface area (Å²) in [6, 6.07) is 6.50. The van der Waals surface area contributed by atoms with Crippen LogP contribution in [0.4, 0.5) is 14.5 Å². The summed E-state index contributed by atoms with van der Waals surface area (Å²) in [6.07, 6.45) is 1.81. The van der Waals surface area contributed by atoms with E-state index in [1.807, 2.05) is 0 Å². The van der Waals surface area contributed by atoms with Crippen LogP contribution in [0.25, 0.3) is 0 Å². The van der Waals surface area contributed by atoms with Crippen molar-refractivity contribution in [3.8, 4) is 0 Å². The van der Waals surface area contributed by atoms with Crippen LogP contribution < -0.4 is 5.32 Å². The van der Waals surface area contributed by atoms with Crippen LogP contribution in [-0.2, 0) is 4.79 Å². The van der Waals surface area contributed by atoms with Crippen LogP contribution in [0.2, 0.25) is 10.0 Å². The van der Waals surface area contributed by atoms with Crippen LogP contribution in [0.5, 0.6) is 0 Å². The molecule has 0 spiro atoms. The summed E-state index contributed by atoms with van der Waals surface area (Å²) < 4.78 is 27.5. The number of nitrogens with one attached hydrogen (secondary N) is 1. The molecule has 1 atom stereocenters. The van der Waals surface area contributed by atoms with E-state index in [0.29, 0.717) is 28.6 Å². The molecule has 27 heavy (non-hydrogen) atoms. The number of halogens is 4. The molecular formula is C19H16Cl2F2N2O2. The molecule has 1 unspecified atom stereocenters. The monoisotopic (exact) mass is 412 g/mol. The van der Waals surface area contributed by atoms with Crippen molar-refractivity contribution >= 4 is 40.7 Å². The molecular weight excluding hydrogens is 397 g/mol. The third-order valence-corrected chi connectivity index (χ3v) is 4.98. The molecule has 1 aliphatic heterocycles. The summed E-state index contributed by atoms with van der Waals surface area (Å²) in [5, 5.41) is 3.37. The number of rotatable bonds is 3. The van der Waals surface area contributed by atoms with Crippen LogP contribution in [0.1, 0.15) is 29.6 Å². The summed E-state index contributed by atoms with van der Waals surface area (Å²) in [6.45, 7) is 0.274. The lowest BCUT2D eigenvalue weighted by molar-refractivity contribution is -0.121. The number of amides is 2. The van der Waals surface area contributed by atoms with E-state index < -0.39 is 35.1 Å². The van der Waals surface area contributed by atoms with Gasteiger partial charge in [-0.15, -0.1) is 0 Å². The fourth-order valence-corrected chi connectivity index (χ4v) is 3.41. The lowest BCUT2D eigenvalue weighted by atomic mass is 9.99. The maximum Gasteiger partial charge on any atom is 0.257 e. The molecule has 1 N–H and O–H groups in total. The van der Waals surface area contributed by atoms with Gasteiger partial charge in [-0.25, -0.2) is 8.78 Å². The average Bonchev–Trinajstić information content (AvgIpc) is 2.66. The Morgan fingerprint density at radius 1 is 1.07 bits per heavy atom. The predicted octanol–water partition coefficient (Wildman–Crippen LogP) is 4.91. The molecule has 0 saturated carbocycles. The van der Waals surface area contributed by atoms with Gasteiger partial charge in [0.15, 0.2) is 0 Å². The molecule has 1 fully saturated rings. The van der Waals surface area contributed by atoms with Crippen molar-refractivity contribution in [2.24, 2.45) is 0 Å². The van der Waals surface area contributed by atoms with Crippen molar-refractivity contribution in [1.29, 1.82) is 0 Å². The third-order valence-electron chi connectivity index (χ3n) is 4.41. The van der Waals surface area contributed by atoms with Crippen molar-refractivity contribution in [3.05, 3.63) is 63.6 Å². The molecule has 2 aromatic carbocycles. The largest absolute Gasteiger partial charge is 0.327 e. The second-order valence-corrected chi connectivity index (χ2v) is 7.09. The van der Waals surface area contributed by atoms with E-state index in [2.05, 4.69) is 5.32 Å². The Bertz CT molecular complexity index is 892. The third kappa shape index (κ3) is 4.39. The van der Waals surface area contributed by atoms with Gasteiger partial charge in [0.25, 0.3) is 5.91 Å². The molecule has 3 rings (SSSR count). The molecule has 142 valence electrons. The maximum atomic E-state index is 14.0. The number of carbonyl (C=O) groups is 2. The number of nitrogens with zero attached hydrogens (tertiary/aromatic N) is 1. The highest BCUT2D eigenvalue weighted by molar-refractivity contribution is 6.35. The normalized spacial score (nSPS) is 16.9. The molecule has 1 heterocycles. The quantitative estimate of drug-likeness (QED) is 0.778. The highest BCUT2D eigenvalue weighted by atomic mass is 35.5. The smallest absolute Gasteiger partial charge is 0.257 e. The first-order chi connectivity index (χ1) is 12.9. The van der Waals surface area contributed by atoms with Crippen molar-refractivity contribution in [2.45, 2.75) is 25.3 Å². The number of likely N-dealkylation sites (tertiary alicyclic amines) is 1. The Kier molecular flexibility index (Phi) is 5.97. The SMILES string of the molecule is O=C(Nc1cc(Cl)ccc1Cl)C1CCCCN1C(=O)c1cc(F)ccc1F. The second-order valence-electron chi connectivity index (χ2n) is 6.25. The van der Waals surface area contributed by atoms with Gasteiger partial charge >= 0.3 is 0 Å². The number of piperidine rings is 1. The maximum absolute atomic E-state index is 14.0. The van der Waals surface area contributed by atoms with Gasteiger partial charge in [0.2, 0.25) is 5.91 Å². The summed E-state index contributed by atoms with van der Waals surface area (Å²) >= 11 is 12.0. The Hall–Kier alpha value is -2.18. The van der Waals surface area contributed by atoms with Crippen LogP contribution >= 0.6 is 23.2 Å². The zero-order valence-corrected chi connectivity index (χ0v) is 15.7. The minimum absolute atomic E-state index is 0.274. The van der Waals surface area contributed by atoms with E-state index in [4.69, 9.17) is 23.2 Å². The highest BCUT2D eigenvalue weighted by Crippen LogP contribution is 2.27. The Morgan fingerprint density at radius 2 is 1.85 bits per heavy atom. The summed E-state index contributed by atoms with van der Waals surface area (Å²) in [5.74, 6) is -2.72. The highest BCUT2D eigenvalue weighted by Gasteiger charge is 2.34. The first-order valence-corrected chi connectivity index (χ1v) is 9.14. The van der Waals surface area contributed by atoms with Crippen LogP contribution in [0.3, 0.4) is 0 Å². The Balaban J connectivity index is 1.84. The Morgan fingerprint density at radius 3 is 2.63 bits per heavy atom. The molecule has 0 aromatic heterocycles. The van der Waals surface area contributed by atoms with Gasteiger partial charge < -0.3 is 10.2 Å². The lowest BCUT2D eigenvalue weighted by Crippen LogP contribution is -2.50. The predicted molar refractivity (Wildman–Crippen MR) is 100 cm³/mol. The van der Waals surface area contributed by atoms with Gasteiger partial charge in [0.1, 0.15) is 17.7 Å². The first kappa shape index (κ1) is 19.6. The molecule has 0 bridgehead atoms. The van der Waals surface area contributed by atoms with Gasteiger partial charge in [-0.1, -0.05) is 23.2 Å². The summed E-state index contributed by atoms with van der Waals surface area (Å²) in [4.78, 5) is 26.8. The van der Waals surface area contributed by atoms with E-state index in [1.165, 1.54) is 11.0 Å². The molecule has 4 nitrogen and oxygen atoms in total. The zero-order valence-electron chi connectivity index (χ0n) is 14.1. The van der Waals surface area contributed by atoms with E-state index in [9.17, 15) is 18.4 Å². The van der Waals surface area contributed by atoms with Crippen molar-refractivity contribution in [1.82, 2.24) is 4.90 Å². The van der Waals surface area contributed by atoms with Crippen molar-refractivity contribution in [3.63, 3.8) is 0 Å². The van der Waals surface area contributed by atoms with Crippen molar-refractivity contribution < 1.29 is 18.4 Å². The standard InChI is InChI=1S/C19H16Cl2F2N2O2/c20-11-4-6-14(21)16(9-11)24-18(26)17-3-1-2-8-25(17)19(27)13-10-12(22)5-7-15(13)23/h4-7,9-10,17H,1-3,8H2,(H,24,26). The van der Waals surface area contributed by atoms with E-state index >= 15 is 0 Å². The van der Waals surface area contributed by atoms with Gasteiger partial charge in [0, 0.05) is 11.6 Å². The minimum atomic E-state index is -0.830. The van der Waals surface area contributed by atoms with E-state index in [0.717, 1.165) is 24.6 Å². The van der Waals surface area contributed by atoms with E-state index in [1.54, 1.807) is 12.1 Å². The van der Waals surface area contributed by atoms with Crippen molar-refractivity contribution in [2.75, 3.05) is 11.9 Å². The lowest BCUT2D eigenvalue weighted by Gasteiger charge is -2.35. The second kappa shape index (κ2) is 8.23. The number of carbonyl (C=O) groups excluding carboxylic acids is 2. The fourth-order valence-electron chi connectivity index (χ4n) is 3.07. The van der Waals surface area contributed by atoms with Crippen LogP contribution in [0, 0.1) is 11.6 Å². The number of benzene rings is 2. The van der Waals surface area contributed by atoms with Gasteiger partial charge in [-0.2, -0.15) is 0 Å². The molecule has 0 aliphatic carbocycles. The molecule has 0 radical (unpaired) electrons. The first-order valence-electron chi connectivity index (χ1n) is 8.39. The number of anilines is 1. The molecule has 1 saturated heterocycles. The minimum Gasteiger partial charge on any atom is -0.327 e.